The van der Waals surface area contributed by atoms with Crippen LogP contribution in [0.15, 0.2) is 72.9 Å². The molecule has 0 aromatic rings. The van der Waals surface area contributed by atoms with E-state index < -0.39 is 26.6 Å². The molecule has 0 saturated carbocycles. The minimum absolute atomic E-state index is 0.0109. The van der Waals surface area contributed by atoms with E-state index in [0.29, 0.717) is 17.4 Å². The van der Waals surface area contributed by atoms with Crippen LogP contribution in [0.1, 0.15) is 239 Å². The maximum Gasteiger partial charge on any atom is 0.268 e. The average Bonchev–Trinajstić information content (AvgIpc) is 3.29. The van der Waals surface area contributed by atoms with Crippen LogP contribution in [0.2, 0.25) is 0 Å². The van der Waals surface area contributed by atoms with Crippen LogP contribution in [0.3, 0.4) is 0 Å². The van der Waals surface area contributed by atoms with Crippen molar-refractivity contribution in [3.05, 3.63) is 72.9 Å². The topological polar surface area (TPSA) is 108 Å². The molecule has 0 aromatic heterocycles. The molecule has 0 fully saturated rings. The molecule has 0 aliphatic rings. The van der Waals surface area contributed by atoms with Crippen LogP contribution in [0, 0.1) is 0 Å². The summed E-state index contributed by atoms with van der Waals surface area (Å²) in [5.41, 5.74) is 0. The molecule has 67 heavy (non-hydrogen) atoms. The van der Waals surface area contributed by atoms with Crippen LogP contribution in [0.5, 0.6) is 0 Å². The lowest BCUT2D eigenvalue weighted by Gasteiger charge is -2.29. The fraction of sp³-hybridized carbons (Fsp3) is 0.776. The number of aliphatic hydroxyl groups is 1. The number of nitrogens with zero attached hydrogens (tertiary/aromatic N) is 1. The number of unbranched alkanes of at least 4 members (excludes halogenated alkanes) is 27. The maximum absolute atomic E-state index is 12.9. The smallest absolute Gasteiger partial charge is 0.268 e. The van der Waals surface area contributed by atoms with E-state index >= 15 is 0 Å². The molecule has 0 radical (unpaired) electrons. The van der Waals surface area contributed by atoms with Crippen molar-refractivity contribution in [2.45, 2.75) is 251 Å². The molecule has 0 rings (SSSR count). The quantitative estimate of drug-likeness (QED) is 0.0272. The SMILES string of the molecule is CCCCCC/C=C/CC/C=C/CC/C=C/C(O)C(COP(=O)([O-])OCC[N+](C)(C)C)NC(=O)CCCCCCCCCCCCCCCCCC/C=C\C/C=C\C/C=C\CCCCCCC. The van der Waals surface area contributed by atoms with E-state index in [4.69, 9.17) is 9.05 Å². The number of carbonyl (C=O) groups is 1. The van der Waals surface area contributed by atoms with Crippen LogP contribution < -0.4 is 10.2 Å². The number of hydrogen-bond donors (Lipinski definition) is 2. The van der Waals surface area contributed by atoms with Gasteiger partial charge in [0.05, 0.1) is 39.9 Å². The summed E-state index contributed by atoms with van der Waals surface area (Å²) in [6.07, 6.45) is 67.0. The normalized spacial score (nSPS) is 14.6. The van der Waals surface area contributed by atoms with Crippen molar-refractivity contribution < 1.29 is 32.9 Å². The van der Waals surface area contributed by atoms with Gasteiger partial charge in [0, 0.05) is 6.42 Å². The zero-order valence-corrected chi connectivity index (χ0v) is 45.2. The summed E-state index contributed by atoms with van der Waals surface area (Å²) in [7, 11) is 1.23. The number of phosphoric ester groups is 1. The Bertz CT molecular complexity index is 1320. The number of likely N-dealkylation sites (N-methyl/N-ethyl adjacent to an activating group) is 1. The first-order valence-corrected chi connectivity index (χ1v) is 29.3. The summed E-state index contributed by atoms with van der Waals surface area (Å²) >= 11 is 0. The van der Waals surface area contributed by atoms with Gasteiger partial charge < -0.3 is 28.8 Å². The van der Waals surface area contributed by atoms with E-state index in [1.54, 1.807) is 6.08 Å². The van der Waals surface area contributed by atoms with Gasteiger partial charge in [-0.1, -0.05) is 222 Å². The number of aliphatic hydroxyl groups excluding tert-OH is 1. The third kappa shape index (κ3) is 51.6. The highest BCUT2D eigenvalue weighted by Crippen LogP contribution is 2.38. The van der Waals surface area contributed by atoms with Gasteiger partial charge in [-0.15, -0.1) is 0 Å². The Morgan fingerprint density at radius 1 is 0.522 bits per heavy atom. The van der Waals surface area contributed by atoms with E-state index in [9.17, 15) is 19.4 Å². The van der Waals surface area contributed by atoms with Crippen LogP contribution in [-0.2, 0) is 18.4 Å². The number of nitrogens with one attached hydrogen (secondary N) is 1. The third-order valence-electron chi connectivity index (χ3n) is 12.1. The summed E-state index contributed by atoms with van der Waals surface area (Å²) in [5.74, 6) is -0.213. The van der Waals surface area contributed by atoms with Gasteiger partial charge in [-0.2, -0.15) is 0 Å². The molecule has 0 aliphatic heterocycles. The van der Waals surface area contributed by atoms with Crippen molar-refractivity contribution >= 4 is 13.7 Å². The number of amides is 1. The number of phosphoric acid groups is 1. The molecule has 9 heteroatoms. The monoisotopic (exact) mass is 959 g/mol. The molecule has 0 heterocycles. The number of hydrogen-bond acceptors (Lipinski definition) is 6. The molecule has 2 N–H and O–H groups in total. The maximum atomic E-state index is 12.9. The Morgan fingerprint density at radius 3 is 1.33 bits per heavy atom. The van der Waals surface area contributed by atoms with Gasteiger partial charge in [0.1, 0.15) is 13.2 Å². The van der Waals surface area contributed by atoms with Gasteiger partial charge in [0.25, 0.3) is 7.82 Å². The van der Waals surface area contributed by atoms with Crippen molar-refractivity contribution in [1.29, 1.82) is 0 Å². The Labute approximate surface area is 414 Å². The summed E-state index contributed by atoms with van der Waals surface area (Å²) in [6.45, 7) is 4.58. The number of allylic oxidation sites excluding steroid dienone is 11. The molecular formula is C58H107N2O6P. The second kappa shape index (κ2) is 48.9. The Kier molecular flexibility index (Phi) is 47.4. The van der Waals surface area contributed by atoms with Crippen LogP contribution >= 0.6 is 7.82 Å². The first-order chi connectivity index (χ1) is 32.5. The highest BCUT2D eigenvalue weighted by atomic mass is 31.2. The fourth-order valence-corrected chi connectivity index (χ4v) is 8.44. The highest BCUT2D eigenvalue weighted by Gasteiger charge is 2.23. The lowest BCUT2D eigenvalue weighted by Crippen LogP contribution is -2.45. The van der Waals surface area contributed by atoms with Gasteiger partial charge in [-0.05, 0) is 83.5 Å². The molecule has 3 atom stereocenters. The van der Waals surface area contributed by atoms with Crippen LogP contribution in [0.25, 0.3) is 0 Å². The first-order valence-electron chi connectivity index (χ1n) is 27.8. The minimum atomic E-state index is -4.61. The van der Waals surface area contributed by atoms with E-state index in [1.165, 1.54) is 154 Å². The summed E-state index contributed by atoms with van der Waals surface area (Å²) in [6, 6.07) is -0.911. The zero-order valence-electron chi connectivity index (χ0n) is 44.3. The standard InChI is InChI=1S/C58H107N2O6P/c1-6-8-10-12-14-16-18-20-22-23-24-25-26-27-28-29-30-31-32-33-34-35-36-37-38-40-42-44-46-48-50-52-58(62)59-56(55-66-67(63,64)65-54-53-60(3,4)5)57(61)51-49-47-45-43-41-39-21-19-17-15-13-11-9-7-2/h17-20,23-24,26-27,41,43,49,51,56-57,61H,6-16,21-22,25,28-40,42,44-48,50,52-55H2,1-5H3,(H-,59,62,63,64)/b19-17+,20-18-,24-23-,27-26-,43-41+,51-49+. The molecule has 0 aromatic carbocycles. The second-order valence-corrected chi connectivity index (χ2v) is 21.3. The fourth-order valence-electron chi connectivity index (χ4n) is 7.72. The van der Waals surface area contributed by atoms with Crippen molar-refractivity contribution in [1.82, 2.24) is 5.32 Å². The second-order valence-electron chi connectivity index (χ2n) is 19.9. The lowest BCUT2D eigenvalue weighted by molar-refractivity contribution is -0.870. The van der Waals surface area contributed by atoms with Gasteiger partial charge in [-0.3, -0.25) is 9.36 Å². The molecule has 3 unspecified atom stereocenters. The molecule has 0 saturated heterocycles. The van der Waals surface area contributed by atoms with E-state index in [-0.39, 0.29) is 12.5 Å². The Balaban J connectivity index is 4.13. The predicted octanol–water partition coefficient (Wildman–Crippen LogP) is 16.1. The van der Waals surface area contributed by atoms with Gasteiger partial charge in [0.2, 0.25) is 5.91 Å². The Hall–Kier alpha value is -2.06. The molecule has 0 bridgehead atoms. The van der Waals surface area contributed by atoms with Crippen molar-refractivity contribution in [2.75, 3.05) is 40.9 Å². The van der Waals surface area contributed by atoms with Crippen molar-refractivity contribution in [3.63, 3.8) is 0 Å². The molecule has 390 valence electrons. The summed E-state index contributed by atoms with van der Waals surface area (Å²) in [4.78, 5) is 25.4. The van der Waals surface area contributed by atoms with Crippen LogP contribution in [-0.4, -0.2) is 68.5 Å². The van der Waals surface area contributed by atoms with Crippen molar-refractivity contribution in [2.24, 2.45) is 0 Å². The Morgan fingerprint density at radius 2 is 0.881 bits per heavy atom. The molecule has 0 spiro atoms. The van der Waals surface area contributed by atoms with Crippen molar-refractivity contribution in [3.8, 4) is 0 Å². The number of carbonyl (C=O) groups excluding carboxylic acids is 1. The lowest BCUT2D eigenvalue weighted by atomic mass is 10.0. The van der Waals surface area contributed by atoms with E-state index in [0.717, 1.165) is 64.2 Å². The summed E-state index contributed by atoms with van der Waals surface area (Å²) < 4.78 is 23.3. The first kappa shape index (κ1) is 64.9. The van der Waals surface area contributed by atoms with E-state index in [2.05, 4.69) is 79.9 Å². The number of rotatable bonds is 50. The predicted molar refractivity (Wildman–Crippen MR) is 288 cm³/mol. The average molecular weight is 959 g/mol. The van der Waals surface area contributed by atoms with Gasteiger partial charge >= 0.3 is 0 Å². The zero-order chi connectivity index (χ0) is 49.2. The third-order valence-corrected chi connectivity index (χ3v) is 13.1. The van der Waals surface area contributed by atoms with Gasteiger partial charge in [-0.25, -0.2) is 0 Å². The molecule has 8 nitrogen and oxygen atoms in total. The van der Waals surface area contributed by atoms with Crippen LogP contribution in [0.4, 0.5) is 0 Å². The van der Waals surface area contributed by atoms with Gasteiger partial charge in [0.15, 0.2) is 0 Å². The molecule has 1 amide bonds. The molecular weight excluding hydrogens is 852 g/mol. The molecule has 0 aliphatic carbocycles. The van der Waals surface area contributed by atoms with E-state index in [1.807, 2.05) is 27.2 Å². The largest absolute Gasteiger partial charge is 0.756 e. The number of quaternary nitrogens is 1. The summed E-state index contributed by atoms with van der Waals surface area (Å²) in [5, 5.41) is 13.8. The minimum Gasteiger partial charge on any atom is -0.756 e. The highest BCUT2D eigenvalue weighted by molar-refractivity contribution is 7.45.